The highest BCUT2D eigenvalue weighted by Gasteiger charge is 2.21. The second-order valence-corrected chi connectivity index (χ2v) is 4.05. The molecule has 0 radical (unpaired) electrons. The highest BCUT2D eigenvalue weighted by atomic mass is 16.6. The summed E-state index contributed by atoms with van der Waals surface area (Å²) in [6, 6.07) is -0.871. The van der Waals surface area contributed by atoms with E-state index in [0.717, 1.165) is 0 Å². The number of likely N-dealkylation sites (N-methyl/N-ethyl adjacent to an activating group) is 1. The van der Waals surface area contributed by atoms with E-state index in [9.17, 15) is 14.7 Å². The third-order valence-corrected chi connectivity index (χ3v) is 1.51. The van der Waals surface area contributed by atoms with Crippen LogP contribution in [0.2, 0.25) is 0 Å². The summed E-state index contributed by atoms with van der Waals surface area (Å²) < 4.78 is 4.97. The molecule has 0 fully saturated rings. The Balaban J connectivity index is 4.11. The number of carboxylic acid groups (broad SMARTS) is 1. The van der Waals surface area contributed by atoms with Crippen LogP contribution in [0.25, 0.3) is 0 Å². The molecule has 0 saturated carbocycles. The zero-order chi connectivity index (χ0) is 11.4. The van der Waals surface area contributed by atoms with E-state index in [4.69, 9.17) is 4.74 Å². The minimum atomic E-state index is -1.25. The van der Waals surface area contributed by atoms with Crippen molar-refractivity contribution in [2.75, 3.05) is 7.05 Å². The second kappa shape index (κ2) is 4.95. The van der Waals surface area contributed by atoms with Crippen molar-refractivity contribution in [1.82, 2.24) is 0 Å². The van der Waals surface area contributed by atoms with E-state index in [-0.39, 0.29) is 6.42 Å². The van der Waals surface area contributed by atoms with Gasteiger partial charge in [-0.25, -0.2) is 0 Å². The molecular formula is C9H17NO4. The molecule has 0 aliphatic rings. The molecule has 5 nitrogen and oxygen atoms in total. The minimum absolute atomic E-state index is 0.171. The summed E-state index contributed by atoms with van der Waals surface area (Å²) in [5, 5.41) is 11.9. The van der Waals surface area contributed by atoms with Crippen molar-refractivity contribution >= 4 is 11.9 Å². The topological polar surface area (TPSA) is 83.0 Å². The lowest BCUT2D eigenvalue weighted by atomic mass is 10.1. The highest BCUT2D eigenvalue weighted by Crippen LogP contribution is 2.08. The normalized spacial score (nSPS) is 13.4. The Morgan fingerprint density at radius 3 is 2.21 bits per heavy atom. The van der Waals surface area contributed by atoms with Gasteiger partial charge in [-0.05, 0) is 20.8 Å². The van der Waals surface area contributed by atoms with Gasteiger partial charge in [-0.3, -0.25) is 4.79 Å². The number of carbonyl (C=O) groups is 2. The molecule has 2 N–H and O–H groups in total. The van der Waals surface area contributed by atoms with E-state index in [1.165, 1.54) is 5.32 Å². The van der Waals surface area contributed by atoms with Crippen LogP contribution < -0.4 is 10.4 Å². The molecule has 0 amide bonds. The summed E-state index contributed by atoms with van der Waals surface area (Å²) in [7, 11) is 1.57. The highest BCUT2D eigenvalue weighted by molar-refractivity contribution is 5.79. The number of nitrogens with two attached hydrogens (primary N) is 1. The van der Waals surface area contributed by atoms with Crippen LogP contribution >= 0.6 is 0 Å². The van der Waals surface area contributed by atoms with Crippen LogP contribution in [0.3, 0.4) is 0 Å². The molecule has 82 valence electrons. The van der Waals surface area contributed by atoms with Crippen LogP contribution in [-0.4, -0.2) is 30.6 Å². The monoisotopic (exact) mass is 203 g/mol. The molecule has 0 aromatic rings. The fourth-order valence-electron chi connectivity index (χ4n) is 0.900. The maximum absolute atomic E-state index is 11.2. The number of esters is 1. The predicted molar refractivity (Wildman–Crippen MR) is 47.1 cm³/mol. The molecule has 0 aliphatic carbocycles. The quantitative estimate of drug-likeness (QED) is 0.537. The number of rotatable bonds is 4. The average molecular weight is 203 g/mol. The molecule has 0 spiro atoms. The Morgan fingerprint density at radius 2 is 1.93 bits per heavy atom. The first-order valence-corrected chi connectivity index (χ1v) is 4.48. The number of ether oxygens (including phenoxy) is 1. The zero-order valence-corrected chi connectivity index (χ0v) is 8.99. The Labute approximate surface area is 83.4 Å². The Morgan fingerprint density at radius 1 is 1.43 bits per heavy atom. The SMILES string of the molecule is C[NH2+][C@@H](CC(=O)OC(C)(C)C)C(=O)[O-]. The lowest BCUT2D eigenvalue weighted by Crippen LogP contribution is -2.90. The fourth-order valence-corrected chi connectivity index (χ4v) is 0.900. The molecule has 14 heavy (non-hydrogen) atoms. The Kier molecular flexibility index (Phi) is 4.56. The smallest absolute Gasteiger partial charge is 0.312 e. The first-order valence-electron chi connectivity index (χ1n) is 4.48. The first-order chi connectivity index (χ1) is 6.26. The molecule has 0 aromatic carbocycles. The number of carbonyl (C=O) groups excluding carboxylic acids is 2. The number of aliphatic carboxylic acids is 1. The summed E-state index contributed by atoms with van der Waals surface area (Å²) in [5.74, 6) is -1.77. The molecular weight excluding hydrogens is 186 g/mol. The van der Waals surface area contributed by atoms with E-state index in [1.54, 1.807) is 27.8 Å². The molecule has 5 heteroatoms. The minimum Gasteiger partial charge on any atom is -0.544 e. The van der Waals surface area contributed by atoms with Crippen LogP contribution in [-0.2, 0) is 14.3 Å². The molecule has 0 rings (SSSR count). The van der Waals surface area contributed by atoms with Gasteiger partial charge in [0.05, 0.1) is 13.0 Å². The van der Waals surface area contributed by atoms with E-state index >= 15 is 0 Å². The average Bonchev–Trinajstić information content (AvgIpc) is 1.96. The third kappa shape index (κ3) is 5.53. The van der Waals surface area contributed by atoms with Gasteiger partial charge < -0.3 is 20.0 Å². The molecule has 0 aromatic heterocycles. The van der Waals surface area contributed by atoms with Crippen LogP contribution in [0.1, 0.15) is 27.2 Å². The Bertz CT molecular complexity index is 219. The van der Waals surface area contributed by atoms with Crippen molar-refractivity contribution in [3.8, 4) is 0 Å². The van der Waals surface area contributed by atoms with Crippen molar-refractivity contribution < 1.29 is 24.7 Å². The van der Waals surface area contributed by atoms with Gasteiger partial charge in [-0.2, -0.15) is 0 Å². The van der Waals surface area contributed by atoms with Crippen LogP contribution in [0.15, 0.2) is 0 Å². The lowest BCUT2D eigenvalue weighted by Gasteiger charge is -2.21. The number of hydrogen-bond donors (Lipinski definition) is 1. The van der Waals surface area contributed by atoms with E-state index in [0.29, 0.717) is 0 Å². The fraction of sp³-hybridized carbons (Fsp3) is 0.778. The van der Waals surface area contributed by atoms with Crippen molar-refractivity contribution in [3.63, 3.8) is 0 Å². The van der Waals surface area contributed by atoms with E-state index in [2.05, 4.69) is 0 Å². The van der Waals surface area contributed by atoms with Crippen molar-refractivity contribution in [3.05, 3.63) is 0 Å². The predicted octanol–water partition coefficient (Wildman–Crippen LogP) is -1.97. The summed E-state index contributed by atoms with van der Waals surface area (Å²) in [4.78, 5) is 21.7. The third-order valence-electron chi connectivity index (χ3n) is 1.51. The lowest BCUT2D eigenvalue weighted by molar-refractivity contribution is -0.657. The Hall–Kier alpha value is -1.10. The van der Waals surface area contributed by atoms with Gasteiger partial charge >= 0.3 is 5.97 Å². The molecule has 0 saturated heterocycles. The largest absolute Gasteiger partial charge is 0.544 e. The van der Waals surface area contributed by atoms with Gasteiger partial charge in [0, 0.05) is 0 Å². The van der Waals surface area contributed by atoms with Gasteiger partial charge in [0.15, 0.2) is 0 Å². The van der Waals surface area contributed by atoms with Gasteiger partial charge in [-0.15, -0.1) is 0 Å². The molecule has 0 aliphatic heterocycles. The van der Waals surface area contributed by atoms with Crippen molar-refractivity contribution in [2.24, 2.45) is 0 Å². The number of quaternary nitrogens is 1. The summed E-state index contributed by atoms with van der Waals surface area (Å²) in [6.07, 6.45) is -0.171. The molecule has 1 atom stereocenters. The van der Waals surface area contributed by atoms with Crippen LogP contribution in [0, 0.1) is 0 Å². The summed E-state index contributed by atoms with van der Waals surface area (Å²) >= 11 is 0. The van der Waals surface area contributed by atoms with Gasteiger partial charge in [0.1, 0.15) is 18.1 Å². The number of carboxylic acids is 1. The summed E-state index contributed by atoms with van der Waals surface area (Å²) in [6.45, 7) is 5.19. The van der Waals surface area contributed by atoms with Crippen LogP contribution in [0.4, 0.5) is 0 Å². The van der Waals surface area contributed by atoms with Gasteiger partial charge in [0.25, 0.3) is 0 Å². The van der Waals surface area contributed by atoms with Crippen LogP contribution in [0.5, 0.6) is 0 Å². The molecule has 0 unspecified atom stereocenters. The molecule has 0 heterocycles. The second-order valence-electron chi connectivity index (χ2n) is 4.05. The zero-order valence-electron chi connectivity index (χ0n) is 8.99. The van der Waals surface area contributed by atoms with Gasteiger partial charge in [-0.1, -0.05) is 0 Å². The molecule has 0 bridgehead atoms. The van der Waals surface area contributed by atoms with Crippen molar-refractivity contribution in [1.29, 1.82) is 0 Å². The standard InChI is InChI=1S/C9H17NO4/c1-9(2,3)14-7(11)5-6(10-4)8(12)13/h6,10H,5H2,1-4H3,(H,12,13)/t6-/m0/s1. The summed E-state index contributed by atoms with van der Waals surface area (Å²) in [5.41, 5.74) is -0.582. The van der Waals surface area contributed by atoms with E-state index < -0.39 is 23.6 Å². The number of hydrogen-bond acceptors (Lipinski definition) is 4. The van der Waals surface area contributed by atoms with Gasteiger partial charge in [0.2, 0.25) is 0 Å². The maximum Gasteiger partial charge on any atom is 0.312 e. The maximum atomic E-state index is 11.2. The van der Waals surface area contributed by atoms with E-state index in [1.807, 2.05) is 0 Å². The first kappa shape index (κ1) is 12.9. The van der Waals surface area contributed by atoms with Crippen molar-refractivity contribution in [2.45, 2.75) is 38.8 Å².